The molecule has 1 unspecified atom stereocenters. The number of alkyl carbamates (subject to hydrolysis) is 1. The number of benzene rings is 1. The summed E-state index contributed by atoms with van der Waals surface area (Å²) in [4.78, 5) is 23.0. The van der Waals surface area contributed by atoms with Gasteiger partial charge in [-0.3, -0.25) is 4.79 Å². The van der Waals surface area contributed by atoms with Crippen LogP contribution in [0.3, 0.4) is 0 Å². The number of ether oxygens (including phenoxy) is 2. The molecule has 0 saturated carbocycles. The maximum atomic E-state index is 12.0. The van der Waals surface area contributed by atoms with Crippen molar-refractivity contribution in [2.24, 2.45) is 0 Å². The van der Waals surface area contributed by atoms with E-state index in [1.165, 1.54) is 19.1 Å². The van der Waals surface area contributed by atoms with E-state index in [2.05, 4.69) is 5.32 Å². The van der Waals surface area contributed by atoms with E-state index in [-0.39, 0.29) is 12.4 Å². The lowest BCUT2D eigenvalue weighted by Gasteiger charge is -2.23. The fourth-order valence-electron chi connectivity index (χ4n) is 1.98. The van der Waals surface area contributed by atoms with Crippen molar-refractivity contribution in [3.05, 3.63) is 29.8 Å². The molecule has 0 bridgehead atoms. The van der Waals surface area contributed by atoms with Crippen LogP contribution in [0.25, 0.3) is 0 Å². The standard InChI is InChI=1S/C17H25NO7S/c1-12(19)23-11-14(18-16(20)24-17(2,3)4)10-13-6-8-15(9-7-13)25-26(5,21)22/h6-9,14H,10-11H2,1-5H3,(H,18,20). The highest BCUT2D eigenvalue weighted by Crippen LogP contribution is 2.15. The molecule has 9 heteroatoms. The number of hydrogen-bond donors (Lipinski definition) is 1. The number of carbonyl (C=O) groups excluding carboxylic acids is 2. The minimum Gasteiger partial charge on any atom is -0.464 e. The molecule has 0 aromatic heterocycles. The van der Waals surface area contributed by atoms with Gasteiger partial charge in [-0.25, -0.2) is 4.79 Å². The van der Waals surface area contributed by atoms with Gasteiger partial charge in [-0.1, -0.05) is 12.1 Å². The van der Waals surface area contributed by atoms with E-state index >= 15 is 0 Å². The third-order valence-corrected chi connectivity index (χ3v) is 3.36. The fraction of sp³-hybridized carbons (Fsp3) is 0.529. The molecule has 0 spiro atoms. The van der Waals surface area contributed by atoms with Gasteiger partial charge in [0.2, 0.25) is 0 Å². The Morgan fingerprint density at radius 2 is 1.73 bits per heavy atom. The Kier molecular flexibility index (Phi) is 7.43. The zero-order valence-electron chi connectivity index (χ0n) is 15.6. The molecule has 1 N–H and O–H groups in total. The van der Waals surface area contributed by atoms with Crippen molar-refractivity contribution in [1.82, 2.24) is 5.32 Å². The van der Waals surface area contributed by atoms with Crippen LogP contribution in [0.2, 0.25) is 0 Å². The van der Waals surface area contributed by atoms with Crippen LogP contribution >= 0.6 is 0 Å². The molecule has 1 rings (SSSR count). The normalized spacial score (nSPS) is 12.8. The SMILES string of the molecule is CC(=O)OCC(Cc1ccc(OS(C)(=O)=O)cc1)NC(=O)OC(C)(C)C. The van der Waals surface area contributed by atoms with Crippen molar-refractivity contribution in [2.45, 2.75) is 45.8 Å². The summed E-state index contributed by atoms with van der Waals surface area (Å²) in [6, 6.07) is 5.84. The van der Waals surface area contributed by atoms with Gasteiger partial charge in [-0.05, 0) is 44.9 Å². The topological polar surface area (TPSA) is 108 Å². The predicted octanol–water partition coefficient (Wildman–Crippen LogP) is 2.02. The van der Waals surface area contributed by atoms with Crippen LogP contribution in [-0.4, -0.2) is 45.0 Å². The number of nitrogens with one attached hydrogen (secondary N) is 1. The molecule has 26 heavy (non-hydrogen) atoms. The molecule has 0 heterocycles. The quantitative estimate of drug-likeness (QED) is 0.563. The molecular weight excluding hydrogens is 362 g/mol. The van der Waals surface area contributed by atoms with Gasteiger partial charge < -0.3 is 19.0 Å². The van der Waals surface area contributed by atoms with Crippen molar-refractivity contribution in [2.75, 3.05) is 12.9 Å². The monoisotopic (exact) mass is 387 g/mol. The zero-order valence-corrected chi connectivity index (χ0v) is 16.4. The molecule has 0 radical (unpaired) electrons. The van der Waals surface area contributed by atoms with Crippen molar-refractivity contribution < 1.29 is 31.7 Å². The second-order valence-electron chi connectivity index (χ2n) is 6.78. The molecule has 1 aromatic carbocycles. The average Bonchev–Trinajstić information content (AvgIpc) is 2.43. The van der Waals surface area contributed by atoms with E-state index < -0.39 is 33.8 Å². The first-order chi connectivity index (χ1) is 11.8. The number of amides is 1. The van der Waals surface area contributed by atoms with Crippen molar-refractivity contribution in [3.63, 3.8) is 0 Å². The Hall–Kier alpha value is -2.29. The number of rotatable bonds is 7. The van der Waals surface area contributed by atoms with Gasteiger partial charge in [0.15, 0.2) is 0 Å². The summed E-state index contributed by atoms with van der Waals surface area (Å²) < 4.78 is 37.2. The number of carbonyl (C=O) groups is 2. The van der Waals surface area contributed by atoms with Crippen LogP contribution in [0.5, 0.6) is 5.75 Å². The summed E-state index contributed by atoms with van der Waals surface area (Å²) in [5.74, 6) is -0.272. The van der Waals surface area contributed by atoms with Crippen LogP contribution in [0, 0.1) is 0 Å². The fourth-order valence-corrected chi connectivity index (χ4v) is 2.44. The summed E-state index contributed by atoms with van der Waals surface area (Å²) in [7, 11) is -3.60. The zero-order chi connectivity index (χ0) is 20.0. The summed E-state index contributed by atoms with van der Waals surface area (Å²) >= 11 is 0. The van der Waals surface area contributed by atoms with Gasteiger partial charge in [-0.2, -0.15) is 8.42 Å². The minimum atomic E-state index is -3.60. The Balaban J connectivity index is 2.78. The predicted molar refractivity (Wildman–Crippen MR) is 95.4 cm³/mol. The van der Waals surface area contributed by atoms with Crippen LogP contribution < -0.4 is 9.50 Å². The highest BCUT2D eigenvalue weighted by molar-refractivity contribution is 7.86. The molecule has 0 aliphatic heterocycles. The molecule has 1 atom stereocenters. The molecule has 8 nitrogen and oxygen atoms in total. The van der Waals surface area contributed by atoms with Crippen LogP contribution in [0.4, 0.5) is 4.79 Å². The number of esters is 1. The Morgan fingerprint density at radius 3 is 2.19 bits per heavy atom. The van der Waals surface area contributed by atoms with Gasteiger partial charge in [0.1, 0.15) is 18.0 Å². The Bertz CT molecular complexity index is 720. The van der Waals surface area contributed by atoms with E-state index in [1.807, 2.05) is 0 Å². The molecule has 0 fully saturated rings. The van der Waals surface area contributed by atoms with Gasteiger partial charge in [-0.15, -0.1) is 0 Å². The van der Waals surface area contributed by atoms with Crippen LogP contribution in [-0.2, 0) is 30.8 Å². The highest BCUT2D eigenvalue weighted by atomic mass is 32.2. The van der Waals surface area contributed by atoms with E-state index in [1.54, 1.807) is 32.9 Å². The molecule has 0 aliphatic carbocycles. The highest BCUT2D eigenvalue weighted by Gasteiger charge is 2.20. The van der Waals surface area contributed by atoms with Crippen LogP contribution in [0.15, 0.2) is 24.3 Å². The molecule has 1 aromatic rings. The van der Waals surface area contributed by atoms with Gasteiger partial charge in [0.25, 0.3) is 0 Å². The minimum absolute atomic E-state index is 0.0177. The largest absolute Gasteiger partial charge is 0.464 e. The van der Waals surface area contributed by atoms with E-state index in [4.69, 9.17) is 13.7 Å². The summed E-state index contributed by atoms with van der Waals surface area (Å²) in [5.41, 5.74) is 0.139. The Morgan fingerprint density at radius 1 is 1.15 bits per heavy atom. The van der Waals surface area contributed by atoms with E-state index in [9.17, 15) is 18.0 Å². The van der Waals surface area contributed by atoms with E-state index in [0.29, 0.717) is 6.42 Å². The third-order valence-electron chi connectivity index (χ3n) is 2.86. The van der Waals surface area contributed by atoms with Gasteiger partial charge in [0, 0.05) is 6.92 Å². The molecular formula is C17H25NO7S. The van der Waals surface area contributed by atoms with Gasteiger partial charge >= 0.3 is 22.2 Å². The smallest absolute Gasteiger partial charge is 0.408 e. The lowest BCUT2D eigenvalue weighted by atomic mass is 10.1. The van der Waals surface area contributed by atoms with Crippen molar-refractivity contribution >= 4 is 22.2 Å². The van der Waals surface area contributed by atoms with Crippen LogP contribution in [0.1, 0.15) is 33.3 Å². The second kappa shape index (κ2) is 8.88. The number of hydrogen-bond acceptors (Lipinski definition) is 7. The van der Waals surface area contributed by atoms with Crippen molar-refractivity contribution in [1.29, 1.82) is 0 Å². The first-order valence-electron chi connectivity index (χ1n) is 7.95. The average molecular weight is 387 g/mol. The second-order valence-corrected chi connectivity index (χ2v) is 8.36. The molecule has 1 amide bonds. The Labute approximate surface area is 153 Å². The summed E-state index contributed by atoms with van der Waals surface area (Å²) in [6.07, 6.45) is 0.693. The maximum Gasteiger partial charge on any atom is 0.408 e. The summed E-state index contributed by atoms with van der Waals surface area (Å²) in [6.45, 7) is 6.49. The van der Waals surface area contributed by atoms with Crippen molar-refractivity contribution in [3.8, 4) is 5.75 Å². The lowest BCUT2D eigenvalue weighted by molar-refractivity contribution is -0.141. The molecule has 0 aliphatic rings. The first-order valence-corrected chi connectivity index (χ1v) is 9.77. The first kappa shape index (κ1) is 21.8. The van der Waals surface area contributed by atoms with Gasteiger partial charge in [0.05, 0.1) is 12.3 Å². The maximum absolute atomic E-state index is 12.0. The van der Waals surface area contributed by atoms with E-state index in [0.717, 1.165) is 11.8 Å². The molecule has 0 saturated heterocycles. The summed E-state index contributed by atoms with van der Waals surface area (Å²) in [5, 5.41) is 2.66. The third kappa shape index (κ3) is 9.87. The molecule has 146 valence electrons. The lowest BCUT2D eigenvalue weighted by Crippen LogP contribution is -2.43.